The van der Waals surface area contributed by atoms with E-state index in [1.54, 1.807) is 24.1 Å². The summed E-state index contributed by atoms with van der Waals surface area (Å²) in [6, 6.07) is 24.5. The van der Waals surface area contributed by atoms with Crippen LogP contribution in [0.3, 0.4) is 0 Å². The monoisotopic (exact) mass is 333 g/mol. The van der Waals surface area contributed by atoms with Crippen molar-refractivity contribution in [3.63, 3.8) is 0 Å². The van der Waals surface area contributed by atoms with Crippen molar-refractivity contribution in [1.29, 1.82) is 0 Å². The number of rotatable bonds is 5. The number of hydrogen-bond donors (Lipinski definition) is 0. The van der Waals surface area contributed by atoms with Gasteiger partial charge in [0.2, 0.25) is 5.91 Å². The maximum Gasteiger partial charge on any atom is 0.227 e. The van der Waals surface area contributed by atoms with E-state index in [-0.39, 0.29) is 18.1 Å². The van der Waals surface area contributed by atoms with Crippen molar-refractivity contribution in [3.05, 3.63) is 95.8 Å². The SMILES string of the molecule is CN(Cc1ccc(-c2ccccc2)cc1)C(=O)Cc1ccc(F)cc1. The van der Waals surface area contributed by atoms with Crippen LogP contribution in [0.15, 0.2) is 78.9 Å². The molecule has 0 aliphatic heterocycles. The molecule has 0 bridgehead atoms. The third-order valence-corrected chi connectivity index (χ3v) is 4.18. The molecular formula is C22H20FNO. The molecule has 0 fully saturated rings. The van der Waals surface area contributed by atoms with Gasteiger partial charge in [0.05, 0.1) is 6.42 Å². The number of benzene rings is 3. The fraction of sp³-hybridized carbons (Fsp3) is 0.136. The largest absolute Gasteiger partial charge is 0.341 e. The molecular weight excluding hydrogens is 313 g/mol. The molecule has 3 aromatic carbocycles. The highest BCUT2D eigenvalue weighted by Crippen LogP contribution is 2.19. The van der Waals surface area contributed by atoms with Crippen LogP contribution in [-0.2, 0) is 17.8 Å². The lowest BCUT2D eigenvalue weighted by atomic mass is 10.0. The molecule has 1 amide bonds. The summed E-state index contributed by atoms with van der Waals surface area (Å²) in [6.07, 6.45) is 0.277. The fourth-order valence-corrected chi connectivity index (χ4v) is 2.71. The molecule has 25 heavy (non-hydrogen) atoms. The number of nitrogens with zero attached hydrogens (tertiary/aromatic N) is 1. The van der Waals surface area contributed by atoms with Gasteiger partial charge in [-0.25, -0.2) is 4.39 Å². The van der Waals surface area contributed by atoms with E-state index in [9.17, 15) is 9.18 Å². The van der Waals surface area contributed by atoms with Crippen LogP contribution in [0.4, 0.5) is 4.39 Å². The van der Waals surface area contributed by atoms with Crippen molar-refractivity contribution in [3.8, 4) is 11.1 Å². The minimum atomic E-state index is -0.289. The van der Waals surface area contributed by atoms with Crippen LogP contribution in [0, 0.1) is 5.82 Å². The van der Waals surface area contributed by atoms with Gasteiger partial charge in [-0.3, -0.25) is 4.79 Å². The summed E-state index contributed by atoms with van der Waals surface area (Å²) in [5.41, 5.74) is 4.23. The Balaban J connectivity index is 1.61. The number of carbonyl (C=O) groups is 1. The lowest BCUT2D eigenvalue weighted by Gasteiger charge is -2.17. The van der Waals surface area contributed by atoms with E-state index in [4.69, 9.17) is 0 Å². The van der Waals surface area contributed by atoms with Gasteiger partial charge in [-0.05, 0) is 34.4 Å². The Kier molecular flexibility index (Phi) is 5.24. The van der Waals surface area contributed by atoms with Gasteiger partial charge in [-0.2, -0.15) is 0 Å². The zero-order valence-corrected chi connectivity index (χ0v) is 14.2. The van der Waals surface area contributed by atoms with Crippen molar-refractivity contribution in [1.82, 2.24) is 4.90 Å². The highest BCUT2D eigenvalue weighted by Gasteiger charge is 2.10. The first-order valence-electron chi connectivity index (χ1n) is 8.24. The van der Waals surface area contributed by atoms with Crippen LogP contribution >= 0.6 is 0 Å². The Morgan fingerprint density at radius 3 is 2.00 bits per heavy atom. The number of likely N-dealkylation sites (N-methyl/N-ethyl adjacent to an activating group) is 1. The molecule has 0 aromatic heterocycles. The zero-order chi connectivity index (χ0) is 17.6. The normalized spacial score (nSPS) is 10.5. The molecule has 2 nitrogen and oxygen atoms in total. The molecule has 0 atom stereocenters. The summed E-state index contributed by atoms with van der Waals surface area (Å²) >= 11 is 0. The number of carbonyl (C=O) groups excluding carboxylic acids is 1. The summed E-state index contributed by atoms with van der Waals surface area (Å²) in [5, 5.41) is 0. The fourth-order valence-electron chi connectivity index (χ4n) is 2.71. The first kappa shape index (κ1) is 16.9. The molecule has 0 spiro atoms. The van der Waals surface area contributed by atoms with Gasteiger partial charge < -0.3 is 4.90 Å². The Hall–Kier alpha value is -2.94. The predicted molar refractivity (Wildman–Crippen MR) is 98.5 cm³/mol. The van der Waals surface area contributed by atoms with E-state index >= 15 is 0 Å². The zero-order valence-electron chi connectivity index (χ0n) is 14.2. The maximum absolute atomic E-state index is 12.9. The van der Waals surface area contributed by atoms with Crippen molar-refractivity contribution >= 4 is 5.91 Å². The highest BCUT2D eigenvalue weighted by molar-refractivity contribution is 5.78. The van der Waals surface area contributed by atoms with E-state index in [2.05, 4.69) is 24.3 Å². The molecule has 0 saturated heterocycles. The van der Waals surface area contributed by atoms with Gasteiger partial charge in [-0.1, -0.05) is 66.7 Å². The second-order valence-electron chi connectivity index (χ2n) is 6.12. The van der Waals surface area contributed by atoms with E-state index in [0.29, 0.717) is 6.54 Å². The number of hydrogen-bond acceptors (Lipinski definition) is 1. The number of halogens is 1. The van der Waals surface area contributed by atoms with Gasteiger partial charge in [-0.15, -0.1) is 0 Å². The van der Waals surface area contributed by atoms with Gasteiger partial charge >= 0.3 is 0 Å². The smallest absolute Gasteiger partial charge is 0.227 e. The van der Waals surface area contributed by atoms with Crippen molar-refractivity contribution in [2.24, 2.45) is 0 Å². The quantitative estimate of drug-likeness (QED) is 0.663. The molecule has 0 aliphatic rings. The standard InChI is InChI=1S/C22H20FNO/c1-24(22(25)15-17-9-13-21(23)14-10-17)16-18-7-11-20(12-8-18)19-5-3-2-4-6-19/h2-14H,15-16H2,1H3. The van der Waals surface area contributed by atoms with Crippen molar-refractivity contribution < 1.29 is 9.18 Å². The number of amides is 1. The Morgan fingerprint density at radius 1 is 0.800 bits per heavy atom. The topological polar surface area (TPSA) is 20.3 Å². The highest BCUT2D eigenvalue weighted by atomic mass is 19.1. The van der Waals surface area contributed by atoms with Gasteiger partial charge in [0.25, 0.3) is 0 Å². The molecule has 0 heterocycles. The molecule has 3 aromatic rings. The Morgan fingerprint density at radius 2 is 1.36 bits per heavy atom. The molecule has 0 aliphatic carbocycles. The van der Waals surface area contributed by atoms with Gasteiger partial charge in [0, 0.05) is 13.6 Å². The average Bonchev–Trinajstić information content (AvgIpc) is 2.65. The van der Waals surface area contributed by atoms with E-state index < -0.39 is 0 Å². The van der Waals surface area contributed by atoms with E-state index in [1.807, 2.05) is 30.3 Å². The molecule has 0 unspecified atom stereocenters. The molecule has 3 rings (SSSR count). The lowest BCUT2D eigenvalue weighted by molar-refractivity contribution is -0.129. The van der Waals surface area contributed by atoms with Crippen LogP contribution in [0.2, 0.25) is 0 Å². The molecule has 3 heteroatoms. The molecule has 0 saturated carbocycles. The third-order valence-electron chi connectivity index (χ3n) is 4.18. The Labute approximate surface area is 147 Å². The van der Waals surface area contributed by atoms with E-state index in [1.165, 1.54) is 17.7 Å². The summed E-state index contributed by atoms with van der Waals surface area (Å²) in [6.45, 7) is 0.551. The lowest BCUT2D eigenvalue weighted by Crippen LogP contribution is -2.27. The van der Waals surface area contributed by atoms with Crippen LogP contribution in [0.25, 0.3) is 11.1 Å². The minimum Gasteiger partial charge on any atom is -0.341 e. The van der Waals surface area contributed by atoms with Crippen LogP contribution in [0.1, 0.15) is 11.1 Å². The summed E-state index contributed by atoms with van der Waals surface area (Å²) < 4.78 is 12.9. The average molecular weight is 333 g/mol. The minimum absolute atomic E-state index is 0.0127. The first-order chi connectivity index (χ1) is 12.1. The first-order valence-corrected chi connectivity index (χ1v) is 8.24. The molecule has 126 valence electrons. The predicted octanol–water partition coefficient (Wildman–Crippen LogP) is 4.69. The molecule has 0 radical (unpaired) electrons. The second kappa shape index (κ2) is 7.75. The van der Waals surface area contributed by atoms with E-state index in [0.717, 1.165) is 16.7 Å². The van der Waals surface area contributed by atoms with Crippen LogP contribution < -0.4 is 0 Å². The van der Waals surface area contributed by atoms with Crippen LogP contribution in [-0.4, -0.2) is 17.9 Å². The molecule has 0 N–H and O–H groups in total. The summed E-state index contributed by atoms with van der Waals surface area (Å²) in [7, 11) is 1.79. The second-order valence-corrected chi connectivity index (χ2v) is 6.12. The van der Waals surface area contributed by atoms with Crippen LogP contribution in [0.5, 0.6) is 0 Å². The van der Waals surface area contributed by atoms with Gasteiger partial charge in [0.15, 0.2) is 0 Å². The van der Waals surface area contributed by atoms with Crippen molar-refractivity contribution in [2.45, 2.75) is 13.0 Å². The summed E-state index contributed by atoms with van der Waals surface area (Å²) in [5.74, 6) is -0.276. The van der Waals surface area contributed by atoms with Gasteiger partial charge in [0.1, 0.15) is 5.82 Å². The Bertz CT molecular complexity index is 826. The van der Waals surface area contributed by atoms with Crippen molar-refractivity contribution in [2.75, 3.05) is 7.05 Å². The summed E-state index contributed by atoms with van der Waals surface area (Å²) in [4.78, 5) is 14.0. The third kappa shape index (κ3) is 4.54. The maximum atomic E-state index is 12.9.